The number of fused-ring (bicyclic) bond motifs is 1. The molecule has 0 fully saturated rings. The summed E-state index contributed by atoms with van der Waals surface area (Å²) in [7, 11) is 3.21. The Morgan fingerprint density at radius 1 is 0.833 bits per heavy atom. The number of carbonyl (C=O) groups is 1. The number of aliphatic hydroxyl groups is 1. The fourth-order valence-electron chi connectivity index (χ4n) is 3.14. The van der Waals surface area contributed by atoms with Gasteiger partial charge in [0, 0.05) is 4.90 Å². The number of amides is 1. The average molecular weight is 423 g/mol. The molecule has 4 rings (SSSR count). The molecular weight excluding hydrogens is 402 g/mol. The van der Waals surface area contributed by atoms with E-state index in [1.54, 1.807) is 26.4 Å². The Morgan fingerprint density at radius 2 is 1.40 bits per heavy atom. The van der Waals surface area contributed by atoms with Crippen molar-refractivity contribution in [2.75, 3.05) is 19.5 Å². The Labute approximate surface area is 178 Å². The fraction of sp³-hybridized carbons (Fsp3) is 0.174. The molecule has 0 spiro atoms. The Kier molecular flexibility index (Phi) is 5.83. The van der Waals surface area contributed by atoms with E-state index in [9.17, 15) is 9.90 Å². The number of hydrogen-bond acceptors (Lipinski definition) is 6. The second kappa shape index (κ2) is 8.69. The molecule has 6 nitrogen and oxygen atoms in total. The van der Waals surface area contributed by atoms with Crippen molar-refractivity contribution in [1.29, 1.82) is 0 Å². The minimum atomic E-state index is -1.19. The lowest BCUT2D eigenvalue weighted by molar-refractivity contribution is -0.124. The summed E-state index contributed by atoms with van der Waals surface area (Å²) in [5.74, 6) is 2.33. The third kappa shape index (κ3) is 4.22. The number of benzene rings is 3. The van der Waals surface area contributed by atoms with Gasteiger partial charge in [0.15, 0.2) is 0 Å². The number of nitrogens with one attached hydrogen (secondary N) is 1. The molecule has 1 aliphatic heterocycles. The predicted octanol–water partition coefficient (Wildman–Crippen LogP) is 4.64. The van der Waals surface area contributed by atoms with E-state index in [0.29, 0.717) is 22.9 Å². The zero-order valence-electron chi connectivity index (χ0n) is 16.5. The number of rotatable bonds is 5. The molecule has 2 atom stereocenters. The highest BCUT2D eigenvalue weighted by atomic mass is 32.2. The summed E-state index contributed by atoms with van der Waals surface area (Å²) in [5, 5.41) is 12.9. The number of carbonyl (C=O) groups excluding carboxylic acids is 1. The first kappa shape index (κ1) is 20.1. The number of methoxy groups -OCH3 is 2. The van der Waals surface area contributed by atoms with Crippen LogP contribution in [-0.2, 0) is 4.79 Å². The van der Waals surface area contributed by atoms with Crippen molar-refractivity contribution >= 4 is 23.4 Å². The van der Waals surface area contributed by atoms with Crippen molar-refractivity contribution in [3.63, 3.8) is 0 Å². The number of anilines is 1. The first-order chi connectivity index (χ1) is 14.6. The van der Waals surface area contributed by atoms with E-state index < -0.39 is 17.3 Å². The van der Waals surface area contributed by atoms with Gasteiger partial charge >= 0.3 is 0 Å². The third-order valence-corrected chi connectivity index (χ3v) is 6.14. The maximum atomic E-state index is 12.5. The maximum Gasteiger partial charge on any atom is 0.254 e. The van der Waals surface area contributed by atoms with Crippen molar-refractivity contribution in [3.05, 3.63) is 72.3 Å². The molecule has 1 heterocycles. The average Bonchev–Trinajstić information content (AvgIpc) is 2.90. The number of ether oxygens (including phenoxy) is 3. The normalized spacial score (nSPS) is 18.0. The number of thioether (sulfide) groups is 1. The monoisotopic (exact) mass is 423 g/mol. The fourth-order valence-corrected chi connectivity index (χ4v) is 4.39. The van der Waals surface area contributed by atoms with E-state index in [1.165, 1.54) is 11.8 Å². The van der Waals surface area contributed by atoms with Crippen LogP contribution in [0.2, 0.25) is 0 Å². The van der Waals surface area contributed by atoms with Crippen LogP contribution in [0.3, 0.4) is 0 Å². The van der Waals surface area contributed by atoms with Gasteiger partial charge < -0.3 is 24.6 Å². The van der Waals surface area contributed by atoms with Crippen molar-refractivity contribution < 1.29 is 24.1 Å². The van der Waals surface area contributed by atoms with Crippen LogP contribution in [0.5, 0.6) is 23.0 Å². The molecule has 0 radical (unpaired) electrons. The van der Waals surface area contributed by atoms with Crippen LogP contribution in [0.25, 0.3) is 0 Å². The van der Waals surface area contributed by atoms with Gasteiger partial charge in [-0.05, 0) is 60.2 Å². The smallest absolute Gasteiger partial charge is 0.254 e. The molecule has 3 aromatic carbocycles. The van der Waals surface area contributed by atoms with Crippen molar-refractivity contribution in [1.82, 2.24) is 0 Å². The largest absolute Gasteiger partial charge is 0.497 e. The van der Waals surface area contributed by atoms with E-state index in [2.05, 4.69) is 5.32 Å². The zero-order valence-corrected chi connectivity index (χ0v) is 17.3. The van der Waals surface area contributed by atoms with Crippen LogP contribution >= 0.6 is 11.8 Å². The van der Waals surface area contributed by atoms with Crippen LogP contribution in [0.15, 0.2) is 71.6 Å². The Hall–Kier alpha value is -3.16. The van der Waals surface area contributed by atoms with E-state index in [-0.39, 0.29) is 0 Å². The minimum absolute atomic E-state index is 0.439. The topological polar surface area (TPSA) is 77.0 Å². The van der Waals surface area contributed by atoms with Gasteiger partial charge in [-0.25, -0.2) is 0 Å². The van der Waals surface area contributed by atoms with Crippen LogP contribution in [0.1, 0.15) is 10.8 Å². The Balaban J connectivity index is 1.62. The SMILES string of the molecule is COc1ccc(Oc2ccc3c(c2)S[C@H](c2ccc(OC)cc2)[C@H](O)C(=O)N3)cc1. The molecule has 0 aromatic heterocycles. The second-order valence-corrected chi connectivity index (χ2v) is 7.86. The molecule has 7 heteroatoms. The highest BCUT2D eigenvalue weighted by Crippen LogP contribution is 2.45. The van der Waals surface area contributed by atoms with E-state index >= 15 is 0 Å². The van der Waals surface area contributed by atoms with Gasteiger partial charge in [0.05, 0.1) is 25.2 Å². The summed E-state index contributed by atoms with van der Waals surface area (Å²) < 4.78 is 16.3. The van der Waals surface area contributed by atoms with E-state index in [1.807, 2.05) is 54.6 Å². The van der Waals surface area contributed by atoms with E-state index in [0.717, 1.165) is 16.2 Å². The standard InChI is InChI=1S/C23H21NO5S/c1-27-15-5-3-14(4-6-15)22-21(25)23(26)24-19-12-11-18(13-20(19)30-22)29-17-9-7-16(28-2)8-10-17/h3-13,21-22,25H,1-2H3,(H,24,26)/t21-,22+/m0/s1. The molecule has 2 N–H and O–H groups in total. The summed E-state index contributed by atoms with van der Waals surface area (Å²) in [4.78, 5) is 13.3. The van der Waals surface area contributed by atoms with Crippen LogP contribution in [0, 0.1) is 0 Å². The van der Waals surface area contributed by atoms with Crippen LogP contribution in [0.4, 0.5) is 5.69 Å². The number of hydrogen-bond donors (Lipinski definition) is 2. The molecule has 3 aromatic rings. The van der Waals surface area contributed by atoms with Gasteiger partial charge in [0.2, 0.25) is 0 Å². The highest BCUT2D eigenvalue weighted by molar-refractivity contribution is 7.99. The lowest BCUT2D eigenvalue weighted by Gasteiger charge is -2.19. The summed E-state index contributed by atoms with van der Waals surface area (Å²) in [6.45, 7) is 0. The van der Waals surface area contributed by atoms with Gasteiger partial charge in [-0.15, -0.1) is 11.8 Å². The number of aliphatic hydroxyl groups excluding tert-OH is 1. The minimum Gasteiger partial charge on any atom is -0.497 e. The van der Waals surface area contributed by atoms with Crippen molar-refractivity contribution in [2.45, 2.75) is 16.2 Å². The summed E-state index contributed by atoms with van der Waals surface area (Å²) in [5.41, 5.74) is 1.47. The third-order valence-electron chi connectivity index (χ3n) is 4.76. The molecule has 0 saturated carbocycles. The second-order valence-electron chi connectivity index (χ2n) is 6.68. The summed E-state index contributed by atoms with van der Waals surface area (Å²) >= 11 is 1.41. The predicted molar refractivity (Wildman–Crippen MR) is 116 cm³/mol. The Bertz CT molecular complexity index is 1040. The lowest BCUT2D eigenvalue weighted by Crippen LogP contribution is -2.30. The molecule has 0 bridgehead atoms. The molecule has 154 valence electrons. The van der Waals surface area contributed by atoms with Gasteiger partial charge in [0.1, 0.15) is 29.1 Å². The van der Waals surface area contributed by atoms with Gasteiger partial charge in [-0.1, -0.05) is 12.1 Å². The first-order valence-electron chi connectivity index (χ1n) is 9.33. The zero-order chi connectivity index (χ0) is 21.1. The van der Waals surface area contributed by atoms with Crippen molar-refractivity contribution in [2.24, 2.45) is 0 Å². The summed E-state index contributed by atoms with van der Waals surface area (Å²) in [6.07, 6.45) is -1.19. The van der Waals surface area contributed by atoms with E-state index in [4.69, 9.17) is 14.2 Å². The molecule has 0 aliphatic carbocycles. The maximum absolute atomic E-state index is 12.5. The van der Waals surface area contributed by atoms with Gasteiger partial charge in [-0.3, -0.25) is 4.79 Å². The molecule has 0 saturated heterocycles. The molecule has 0 unspecified atom stereocenters. The molecule has 1 amide bonds. The van der Waals surface area contributed by atoms with Gasteiger partial charge in [0.25, 0.3) is 5.91 Å². The Morgan fingerprint density at radius 3 is 2.03 bits per heavy atom. The molecule has 1 aliphatic rings. The lowest BCUT2D eigenvalue weighted by atomic mass is 10.1. The quantitative estimate of drug-likeness (QED) is 0.623. The van der Waals surface area contributed by atoms with Crippen molar-refractivity contribution in [3.8, 4) is 23.0 Å². The van der Waals surface area contributed by atoms with Crippen LogP contribution < -0.4 is 19.5 Å². The molecular formula is C23H21NO5S. The summed E-state index contributed by atoms with van der Waals surface area (Å²) in [6, 6.07) is 20.1. The van der Waals surface area contributed by atoms with Gasteiger partial charge in [-0.2, -0.15) is 0 Å². The first-order valence-corrected chi connectivity index (χ1v) is 10.2. The molecule has 30 heavy (non-hydrogen) atoms. The highest BCUT2D eigenvalue weighted by Gasteiger charge is 2.33. The van der Waals surface area contributed by atoms with Crippen LogP contribution in [-0.4, -0.2) is 31.3 Å².